The average molecular weight is 413 g/mol. The van der Waals surface area contributed by atoms with Gasteiger partial charge in [-0.1, -0.05) is 12.1 Å². The maximum atomic E-state index is 13.2. The van der Waals surface area contributed by atoms with Crippen LogP contribution in [0.5, 0.6) is 17.2 Å². The van der Waals surface area contributed by atoms with Crippen molar-refractivity contribution in [2.75, 3.05) is 34.4 Å². The number of ether oxygens (including phenoxy) is 3. The highest BCUT2D eigenvalue weighted by Gasteiger charge is 2.28. The summed E-state index contributed by atoms with van der Waals surface area (Å²) in [4.78, 5) is 19.9. The highest BCUT2D eigenvalue weighted by Crippen LogP contribution is 2.39. The van der Waals surface area contributed by atoms with Gasteiger partial charge in [0.2, 0.25) is 5.75 Å². The van der Waals surface area contributed by atoms with E-state index >= 15 is 0 Å². The smallest absolute Gasteiger partial charge is 0.254 e. The van der Waals surface area contributed by atoms with Gasteiger partial charge in [0.25, 0.3) is 5.91 Å². The number of rotatable bonds is 5. The van der Waals surface area contributed by atoms with E-state index in [4.69, 9.17) is 19.2 Å². The summed E-state index contributed by atoms with van der Waals surface area (Å²) in [6, 6.07) is 11.6. The summed E-state index contributed by atoms with van der Waals surface area (Å²) in [6.45, 7) is 1.40. The van der Waals surface area contributed by atoms with E-state index in [0.717, 1.165) is 29.9 Å². The Kier molecular flexibility index (Phi) is 5.58. The van der Waals surface area contributed by atoms with E-state index < -0.39 is 0 Å². The number of likely N-dealkylation sites (tertiary alicyclic amines) is 1. The number of benzene rings is 2. The highest BCUT2D eigenvalue weighted by atomic mass is 32.1. The number of hydrogen-bond acceptors (Lipinski definition) is 6. The zero-order valence-corrected chi connectivity index (χ0v) is 17.6. The molecule has 1 amide bonds. The molecule has 152 valence electrons. The predicted molar refractivity (Wildman–Crippen MR) is 114 cm³/mol. The minimum atomic E-state index is -0.0323. The van der Waals surface area contributed by atoms with Crippen LogP contribution < -0.4 is 14.2 Å². The van der Waals surface area contributed by atoms with Crippen LogP contribution in [0.3, 0.4) is 0 Å². The number of amides is 1. The first kappa shape index (κ1) is 19.5. The summed E-state index contributed by atoms with van der Waals surface area (Å²) in [5.41, 5.74) is 1.56. The second-order valence-corrected chi connectivity index (χ2v) is 8.09. The molecule has 2 aromatic carbocycles. The summed E-state index contributed by atoms with van der Waals surface area (Å²) in [7, 11) is 4.65. The lowest BCUT2D eigenvalue weighted by atomic mass is 9.98. The van der Waals surface area contributed by atoms with Gasteiger partial charge in [0, 0.05) is 24.6 Å². The number of hydrogen-bond donors (Lipinski definition) is 0. The fourth-order valence-corrected chi connectivity index (χ4v) is 4.91. The molecule has 0 spiro atoms. The largest absolute Gasteiger partial charge is 0.493 e. The van der Waals surface area contributed by atoms with Crippen LogP contribution in [-0.4, -0.2) is 50.2 Å². The van der Waals surface area contributed by atoms with Crippen molar-refractivity contribution in [3.05, 3.63) is 47.0 Å². The Labute approximate surface area is 174 Å². The Morgan fingerprint density at radius 1 is 1.10 bits per heavy atom. The van der Waals surface area contributed by atoms with E-state index in [1.54, 1.807) is 44.8 Å². The van der Waals surface area contributed by atoms with E-state index in [-0.39, 0.29) is 11.8 Å². The first-order valence-electron chi connectivity index (χ1n) is 9.59. The molecule has 2 heterocycles. The van der Waals surface area contributed by atoms with E-state index in [9.17, 15) is 4.79 Å². The fourth-order valence-electron chi connectivity index (χ4n) is 3.81. The van der Waals surface area contributed by atoms with Crippen LogP contribution >= 0.6 is 11.3 Å². The van der Waals surface area contributed by atoms with Crippen LogP contribution in [0.15, 0.2) is 36.4 Å². The summed E-state index contributed by atoms with van der Waals surface area (Å²) >= 11 is 1.72. The molecular formula is C22H24N2O4S. The normalized spacial score (nSPS) is 16.7. The standard InChI is InChI=1S/C22H24N2O4S/c1-26-17-11-15(12-18(27-2)20(17)28-3)22(25)24-10-6-7-14(13-24)21-23-16-8-4-5-9-19(16)29-21/h4-5,8-9,11-12,14H,6-7,10,13H2,1-3H3. The van der Waals surface area contributed by atoms with Gasteiger partial charge in [0.1, 0.15) is 0 Å². The third-order valence-corrected chi connectivity index (χ3v) is 6.48. The number of carbonyl (C=O) groups excluding carboxylic acids is 1. The lowest BCUT2D eigenvalue weighted by molar-refractivity contribution is 0.0706. The Morgan fingerprint density at radius 2 is 1.83 bits per heavy atom. The van der Waals surface area contributed by atoms with Gasteiger partial charge in [-0.05, 0) is 37.1 Å². The van der Waals surface area contributed by atoms with Crippen LogP contribution in [0, 0.1) is 0 Å². The molecule has 1 aromatic heterocycles. The highest BCUT2D eigenvalue weighted by molar-refractivity contribution is 7.18. The number of nitrogens with zero attached hydrogens (tertiary/aromatic N) is 2. The maximum absolute atomic E-state index is 13.2. The molecule has 7 heteroatoms. The third-order valence-electron chi connectivity index (χ3n) is 5.28. The van der Waals surface area contributed by atoms with Gasteiger partial charge in [-0.15, -0.1) is 11.3 Å². The number of methoxy groups -OCH3 is 3. The van der Waals surface area contributed by atoms with Crippen molar-refractivity contribution in [2.24, 2.45) is 0 Å². The van der Waals surface area contributed by atoms with E-state index in [2.05, 4.69) is 6.07 Å². The Hall–Kier alpha value is -2.80. The first-order chi connectivity index (χ1) is 14.1. The first-order valence-corrected chi connectivity index (χ1v) is 10.4. The quantitative estimate of drug-likeness (QED) is 0.624. The molecule has 0 radical (unpaired) electrons. The van der Waals surface area contributed by atoms with Crippen molar-refractivity contribution < 1.29 is 19.0 Å². The fraction of sp³-hybridized carbons (Fsp3) is 0.364. The SMILES string of the molecule is COc1cc(C(=O)N2CCCC(c3nc4ccccc4s3)C2)cc(OC)c1OC. The van der Waals surface area contributed by atoms with Crippen LogP contribution in [0.25, 0.3) is 10.2 Å². The lowest BCUT2D eigenvalue weighted by Gasteiger charge is -2.32. The Bertz CT molecular complexity index is 975. The zero-order chi connectivity index (χ0) is 20.4. The molecule has 6 nitrogen and oxygen atoms in total. The van der Waals surface area contributed by atoms with E-state index in [0.29, 0.717) is 29.4 Å². The summed E-state index contributed by atoms with van der Waals surface area (Å²) < 4.78 is 17.3. The predicted octanol–water partition coefficient (Wildman–Crippen LogP) is 4.34. The third kappa shape index (κ3) is 3.74. The molecule has 29 heavy (non-hydrogen) atoms. The summed E-state index contributed by atoms with van der Waals surface area (Å²) in [6.07, 6.45) is 2.00. The molecule has 0 aliphatic carbocycles. The van der Waals surface area contributed by atoms with Crippen LogP contribution in [0.1, 0.15) is 34.1 Å². The van der Waals surface area contributed by atoms with Gasteiger partial charge < -0.3 is 19.1 Å². The molecule has 1 aliphatic heterocycles. The second-order valence-electron chi connectivity index (χ2n) is 7.02. The molecule has 1 saturated heterocycles. The summed E-state index contributed by atoms with van der Waals surface area (Å²) in [5, 5.41) is 1.11. The number of aromatic nitrogens is 1. The van der Waals surface area contributed by atoms with Crippen molar-refractivity contribution in [3.8, 4) is 17.2 Å². The maximum Gasteiger partial charge on any atom is 0.254 e. The molecule has 0 saturated carbocycles. The van der Waals surface area contributed by atoms with Crippen molar-refractivity contribution in [2.45, 2.75) is 18.8 Å². The molecule has 1 atom stereocenters. The Balaban J connectivity index is 1.59. The van der Waals surface area contributed by atoms with Crippen molar-refractivity contribution >= 4 is 27.5 Å². The minimum Gasteiger partial charge on any atom is -0.493 e. The van der Waals surface area contributed by atoms with E-state index in [1.807, 2.05) is 23.1 Å². The van der Waals surface area contributed by atoms with Gasteiger partial charge in [0.15, 0.2) is 11.5 Å². The molecule has 0 N–H and O–H groups in total. The number of piperidine rings is 1. The molecule has 1 aliphatic rings. The molecule has 1 unspecified atom stereocenters. The molecular weight excluding hydrogens is 388 g/mol. The van der Waals surface area contributed by atoms with Gasteiger partial charge in [0.05, 0.1) is 36.6 Å². The lowest BCUT2D eigenvalue weighted by Crippen LogP contribution is -2.39. The Morgan fingerprint density at radius 3 is 2.48 bits per heavy atom. The number of para-hydroxylation sites is 1. The van der Waals surface area contributed by atoms with Crippen molar-refractivity contribution in [1.82, 2.24) is 9.88 Å². The van der Waals surface area contributed by atoms with Gasteiger partial charge in [-0.3, -0.25) is 4.79 Å². The number of thiazole rings is 1. The average Bonchev–Trinajstić information content (AvgIpc) is 3.22. The van der Waals surface area contributed by atoms with Crippen molar-refractivity contribution in [1.29, 1.82) is 0 Å². The second kappa shape index (κ2) is 8.29. The number of carbonyl (C=O) groups is 1. The van der Waals surface area contributed by atoms with Gasteiger partial charge in [-0.2, -0.15) is 0 Å². The van der Waals surface area contributed by atoms with Crippen molar-refractivity contribution in [3.63, 3.8) is 0 Å². The molecule has 4 rings (SSSR count). The van der Waals surface area contributed by atoms with Gasteiger partial charge in [-0.25, -0.2) is 4.98 Å². The van der Waals surface area contributed by atoms with Crippen LogP contribution in [0.2, 0.25) is 0 Å². The molecule has 1 fully saturated rings. The number of fused-ring (bicyclic) bond motifs is 1. The minimum absolute atomic E-state index is 0.0323. The van der Waals surface area contributed by atoms with Gasteiger partial charge >= 0.3 is 0 Å². The van der Waals surface area contributed by atoms with E-state index in [1.165, 1.54) is 4.70 Å². The van der Waals surface area contributed by atoms with Crippen LogP contribution in [-0.2, 0) is 0 Å². The molecule has 3 aromatic rings. The van der Waals surface area contributed by atoms with Crippen LogP contribution in [0.4, 0.5) is 0 Å². The topological polar surface area (TPSA) is 60.9 Å². The monoisotopic (exact) mass is 412 g/mol. The summed E-state index contributed by atoms with van der Waals surface area (Å²) in [5.74, 6) is 1.67. The molecule has 0 bridgehead atoms. The zero-order valence-electron chi connectivity index (χ0n) is 16.8.